The van der Waals surface area contributed by atoms with Crippen LogP contribution >= 0.6 is 11.3 Å². The summed E-state index contributed by atoms with van der Waals surface area (Å²) in [6.07, 6.45) is 8.03. The lowest BCUT2D eigenvalue weighted by Gasteiger charge is -2.26. The summed E-state index contributed by atoms with van der Waals surface area (Å²) in [4.78, 5) is 9.61. The van der Waals surface area contributed by atoms with Gasteiger partial charge in [-0.1, -0.05) is 18.2 Å². The molecule has 5 rings (SSSR count). The lowest BCUT2D eigenvalue weighted by molar-refractivity contribution is 0.126. The Balaban J connectivity index is 1.39. The Morgan fingerprint density at radius 1 is 1.07 bits per heavy atom. The van der Waals surface area contributed by atoms with Crippen molar-refractivity contribution >= 4 is 27.4 Å². The number of hydrogen-bond donors (Lipinski definition) is 2. The number of aromatic nitrogens is 4. The lowest BCUT2D eigenvalue weighted by atomic mass is 9.93. The van der Waals surface area contributed by atoms with E-state index in [1.807, 2.05) is 53.5 Å². The van der Waals surface area contributed by atoms with E-state index in [2.05, 4.69) is 15.8 Å². The molecule has 7 heteroatoms. The van der Waals surface area contributed by atoms with Crippen LogP contribution in [-0.2, 0) is 6.42 Å². The average molecular weight is 406 g/mol. The molecular weight excluding hydrogens is 382 g/mol. The molecule has 4 aromatic rings. The highest BCUT2D eigenvalue weighted by atomic mass is 32.1. The Morgan fingerprint density at radius 2 is 1.90 bits per heavy atom. The van der Waals surface area contributed by atoms with Crippen molar-refractivity contribution in [3.05, 3.63) is 65.6 Å². The van der Waals surface area contributed by atoms with Crippen LogP contribution in [0.2, 0.25) is 0 Å². The fourth-order valence-corrected chi connectivity index (χ4v) is 4.64. The maximum Gasteiger partial charge on any atom is 0.148 e. The maximum absolute atomic E-state index is 9.77. The molecule has 6 nitrogen and oxygen atoms in total. The zero-order valence-electron chi connectivity index (χ0n) is 16.0. The van der Waals surface area contributed by atoms with Crippen LogP contribution in [0.5, 0.6) is 0 Å². The van der Waals surface area contributed by atoms with Gasteiger partial charge in [-0.2, -0.15) is 5.10 Å². The predicted octanol–water partition coefficient (Wildman–Crippen LogP) is 4.18. The first-order valence-corrected chi connectivity index (χ1v) is 10.9. The van der Waals surface area contributed by atoms with Gasteiger partial charge in [-0.3, -0.25) is 0 Å². The fourth-order valence-electron chi connectivity index (χ4n) is 3.86. The second-order valence-electron chi connectivity index (χ2n) is 7.58. The van der Waals surface area contributed by atoms with Gasteiger partial charge in [0.05, 0.1) is 28.2 Å². The zero-order chi connectivity index (χ0) is 19.6. The first kappa shape index (κ1) is 18.3. The van der Waals surface area contributed by atoms with E-state index in [0.29, 0.717) is 12.5 Å². The zero-order valence-corrected chi connectivity index (χ0v) is 16.8. The number of aliphatic hydroxyl groups is 1. The van der Waals surface area contributed by atoms with Crippen molar-refractivity contribution in [1.29, 1.82) is 0 Å². The molecule has 0 unspecified atom stereocenters. The van der Waals surface area contributed by atoms with Crippen molar-refractivity contribution in [3.63, 3.8) is 0 Å². The fraction of sp³-hybridized carbons (Fsp3) is 0.318. The van der Waals surface area contributed by atoms with E-state index in [0.717, 1.165) is 58.8 Å². The number of para-hydroxylation sites is 1. The van der Waals surface area contributed by atoms with Gasteiger partial charge in [0.25, 0.3) is 0 Å². The van der Waals surface area contributed by atoms with E-state index in [1.165, 1.54) is 0 Å². The van der Waals surface area contributed by atoms with Gasteiger partial charge in [0, 0.05) is 18.7 Å². The first-order valence-electron chi connectivity index (χ1n) is 10.0. The summed E-state index contributed by atoms with van der Waals surface area (Å²) in [5.74, 6) is 1.71. The van der Waals surface area contributed by atoms with Gasteiger partial charge in [0.1, 0.15) is 11.6 Å². The molecule has 0 bridgehead atoms. The van der Waals surface area contributed by atoms with Crippen LogP contribution in [0.25, 0.3) is 15.9 Å². The molecule has 0 saturated heterocycles. The van der Waals surface area contributed by atoms with Crippen LogP contribution in [0, 0.1) is 0 Å². The maximum atomic E-state index is 9.77. The van der Waals surface area contributed by atoms with E-state index < -0.39 is 0 Å². The Hall–Kier alpha value is -2.77. The molecule has 1 fully saturated rings. The number of benzene rings is 1. The van der Waals surface area contributed by atoms with Gasteiger partial charge in [-0.15, -0.1) is 11.3 Å². The minimum absolute atomic E-state index is 0.156. The molecule has 3 aromatic heterocycles. The molecule has 0 atom stereocenters. The van der Waals surface area contributed by atoms with Crippen LogP contribution in [-0.4, -0.2) is 37.0 Å². The molecule has 148 valence electrons. The number of fused-ring (bicyclic) bond motifs is 1. The molecule has 29 heavy (non-hydrogen) atoms. The Morgan fingerprint density at radius 3 is 2.72 bits per heavy atom. The SMILES string of the molecule is OC1CCC(Nc2nc(Cc3cnn(-c4ccccc4)c3)nc3ccsc23)CC1. The normalized spacial score (nSPS) is 19.5. The van der Waals surface area contributed by atoms with Crippen molar-refractivity contribution in [2.24, 2.45) is 0 Å². The highest BCUT2D eigenvalue weighted by molar-refractivity contribution is 7.17. The Kier molecular flexibility index (Phi) is 4.99. The molecular formula is C22H23N5OS. The smallest absolute Gasteiger partial charge is 0.148 e. The molecule has 2 N–H and O–H groups in total. The van der Waals surface area contributed by atoms with Gasteiger partial charge in [-0.05, 0) is 54.8 Å². The minimum atomic E-state index is -0.156. The molecule has 1 saturated carbocycles. The minimum Gasteiger partial charge on any atom is -0.393 e. The molecule has 1 aliphatic rings. The van der Waals surface area contributed by atoms with Crippen molar-refractivity contribution in [3.8, 4) is 5.69 Å². The highest BCUT2D eigenvalue weighted by Gasteiger charge is 2.21. The van der Waals surface area contributed by atoms with E-state index in [9.17, 15) is 5.11 Å². The number of rotatable bonds is 5. The molecule has 1 aromatic carbocycles. The van der Waals surface area contributed by atoms with Gasteiger partial charge in [0.2, 0.25) is 0 Å². The number of nitrogens with one attached hydrogen (secondary N) is 1. The summed E-state index contributed by atoms with van der Waals surface area (Å²) in [5.41, 5.74) is 3.10. The van der Waals surface area contributed by atoms with Gasteiger partial charge < -0.3 is 10.4 Å². The summed E-state index contributed by atoms with van der Waals surface area (Å²) in [7, 11) is 0. The number of anilines is 1. The Bertz CT molecular complexity index is 1100. The van der Waals surface area contributed by atoms with Crippen molar-refractivity contribution in [2.45, 2.75) is 44.2 Å². The standard InChI is InChI=1S/C22H23N5OS/c28-18-8-6-16(7-9-18)24-22-21-19(10-11-29-21)25-20(26-22)12-15-13-23-27(14-15)17-4-2-1-3-5-17/h1-5,10-11,13-14,16,18,28H,6-9,12H2,(H,24,25,26). The van der Waals surface area contributed by atoms with Crippen molar-refractivity contribution in [1.82, 2.24) is 19.7 Å². The highest BCUT2D eigenvalue weighted by Crippen LogP contribution is 2.29. The van der Waals surface area contributed by atoms with Crippen molar-refractivity contribution in [2.75, 3.05) is 5.32 Å². The average Bonchev–Trinajstić information content (AvgIpc) is 3.40. The predicted molar refractivity (Wildman–Crippen MR) is 116 cm³/mol. The Labute approximate surface area is 173 Å². The van der Waals surface area contributed by atoms with Crippen LogP contribution in [0.3, 0.4) is 0 Å². The third-order valence-corrected chi connectivity index (χ3v) is 6.32. The van der Waals surface area contributed by atoms with Crippen LogP contribution in [0.1, 0.15) is 37.1 Å². The number of thiophene rings is 1. The van der Waals surface area contributed by atoms with E-state index >= 15 is 0 Å². The largest absolute Gasteiger partial charge is 0.393 e. The van der Waals surface area contributed by atoms with Crippen LogP contribution < -0.4 is 5.32 Å². The van der Waals surface area contributed by atoms with E-state index in [4.69, 9.17) is 9.97 Å². The summed E-state index contributed by atoms with van der Waals surface area (Å²) >= 11 is 1.67. The van der Waals surface area contributed by atoms with Gasteiger partial charge in [0.15, 0.2) is 0 Å². The summed E-state index contributed by atoms with van der Waals surface area (Å²) in [5, 5.41) is 19.9. The number of aliphatic hydroxyl groups excluding tert-OH is 1. The van der Waals surface area contributed by atoms with Gasteiger partial charge >= 0.3 is 0 Å². The van der Waals surface area contributed by atoms with Gasteiger partial charge in [-0.25, -0.2) is 14.6 Å². The molecule has 0 aliphatic heterocycles. The first-order chi connectivity index (χ1) is 14.2. The quantitative estimate of drug-likeness (QED) is 0.521. The van der Waals surface area contributed by atoms with E-state index in [1.54, 1.807) is 11.3 Å². The molecule has 3 heterocycles. The third-order valence-electron chi connectivity index (χ3n) is 5.41. The molecule has 0 radical (unpaired) electrons. The van der Waals surface area contributed by atoms with E-state index in [-0.39, 0.29) is 6.10 Å². The van der Waals surface area contributed by atoms with Crippen LogP contribution in [0.4, 0.5) is 5.82 Å². The van der Waals surface area contributed by atoms with Crippen molar-refractivity contribution < 1.29 is 5.11 Å². The number of nitrogens with zero attached hydrogens (tertiary/aromatic N) is 4. The molecule has 0 amide bonds. The molecule has 1 aliphatic carbocycles. The number of hydrogen-bond acceptors (Lipinski definition) is 6. The summed E-state index contributed by atoms with van der Waals surface area (Å²) < 4.78 is 2.98. The second kappa shape index (κ2) is 7.93. The summed E-state index contributed by atoms with van der Waals surface area (Å²) in [6, 6.07) is 12.5. The lowest BCUT2D eigenvalue weighted by Crippen LogP contribution is -2.28. The third kappa shape index (κ3) is 4.02. The molecule has 0 spiro atoms. The summed E-state index contributed by atoms with van der Waals surface area (Å²) in [6.45, 7) is 0. The second-order valence-corrected chi connectivity index (χ2v) is 8.49. The topological polar surface area (TPSA) is 75.9 Å². The monoisotopic (exact) mass is 405 g/mol. The van der Waals surface area contributed by atoms with Crippen LogP contribution in [0.15, 0.2) is 54.2 Å².